The monoisotopic (exact) mass is 234 g/mol. The Kier molecular flexibility index (Phi) is 5.75. The molecule has 0 spiro atoms. The molecule has 1 rings (SSSR count). The highest BCUT2D eigenvalue weighted by atomic mass is 16.4. The number of carboxylic acids is 1. The number of aliphatic carboxylic acids is 1. The van der Waals surface area contributed by atoms with Crippen molar-refractivity contribution in [3.8, 4) is 0 Å². The molecule has 0 radical (unpaired) electrons. The molecule has 0 amide bonds. The molecule has 0 fully saturated rings. The minimum atomic E-state index is -0.689. The number of benzene rings is 1. The summed E-state index contributed by atoms with van der Waals surface area (Å²) in [7, 11) is 0. The smallest absolute Gasteiger partial charge is 0.303 e. The summed E-state index contributed by atoms with van der Waals surface area (Å²) in [6.45, 7) is 4.39. The Balaban J connectivity index is 2.25. The third-order valence-corrected chi connectivity index (χ3v) is 3.00. The second-order valence-corrected chi connectivity index (χ2v) is 4.85. The first-order valence-corrected chi connectivity index (χ1v) is 6.40. The van der Waals surface area contributed by atoms with Crippen LogP contribution in [0.4, 0.5) is 0 Å². The van der Waals surface area contributed by atoms with E-state index in [1.807, 2.05) is 0 Å². The number of hydrogen-bond acceptors (Lipinski definition) is 1. The van der Waals surface area contributed by atoms with Crippen molar-refractivity contribution in [1.29, 1.82) is 0 Å². The van der Waals surface area contributed by atoms with Gasteiger partial charge in [-0.1, -0.05) is 44.5 Å². The zero-order valence-corrected chi connectivity index (χ0v) is 10.8. The largest absolute Gasteiger partial charge is 0.481 e. The van der Waals surface area contributed by atoms with E-state index in [9.17, 15) is 4.79 Å². The van der Waals surface area contributed by atoms with Gasteiger partial charge in [0.25, 0.3) is 0 Å². The van der Waals surface area contributed by atoms with E-state index in [4.69, 9.17) is 5.11 Å². The molecule has 0 saturated heterocycles. The highest BCUT2D eigenvalue weighted by Gasteiger charge is 2.00. The molecule has 0 saturated carbocycles. The summed E-state index contributed by atoms with van der Waals surface area (Å²) >= 11 is 0. The summed E-state index contributed by atoms with van der Waals surface area (Å²) in [5, 5.41) is 8.51. The van der Waals surface area contributed by atoms with Gasteiger partial charge >= 0.3 is 5.97 Å². The van der Waals surface area contributed by atoms with Crippen LogP contribution < -0.4 is 0 Å². The Bertz CT molecular complexity index is 338. The van der Waals surface area contributed by atoms with Crippen LogP contribution in [0.3, 0.4) is 0 Å². The van der Waals surface area contributed by atoms with Crippen LogP contribution in [0.2, 0.25) is 0 Å². The summed E-state index contributed by atoms with van der Waals surface area (Å²) < 4.78 is 0. The van der Waals surface area contributed by atoms with Gasteiger partial charge in [0, 0.05) is 6.42 Å². The van der Waals surface area contributed by atoms with Crippen molar-refractivity contribution < 1.29 is 9.90 Å². The zero-order valence-electron chi connectivity index (χ0n) is 10.8. The van der Waals surface area contributed by atoms with E-state index in [0.717, 1.165) is 25.7 Å². The standard InChI is InChI=1S/C15H22O2/c1-12(2)14-10-8-13(9-11-14)6-4-3-5-7-15(16)17/h8-12H,3-7H2,1-2H3,(H,16,17). The van der Waals surface area contributed by atoms with Gasteiger partial charge in [-0.15, -0.1) is 0 Å². The first-order chi connectivity index (χ1) is 8.09. The molecule has 0 aromatic heterocycles. The second kappa shape index (κ2) is 7.10. The van der Waals surface area contributed by atoms with Crippen LogP contribution in [0.1, 0.15) is 56.6 Å². The zero-order chi connectivity index (χ0) is 12.7. The Morgan fingerprint density at radius 1 is 1.12 bits per heavy atom. The van der Waals surface area contributed by atoms with E-state index in [1.54, 1.807) is 0 Å². The van der Waals surface area contributed by atoms with Crippen LogP contribution in [0, 0.1) is 0 Å². The molecular formula is C15H22O2. The van der Waals surface area contributed by atoms with Gasteiger partial charge in [0.1, 0.15) is 0 Å². The van der Waals surface area contributed by atoms with E-state index in [0.29, 0.717) is 12.3 Å². The Morgan fingerprint density at radius 2 is 1.76 bits per heavy atom. The van der Waals surface area contributed by atoms with E-state index in [1.165, 1.54) is 11.1 Å². The third kappa shape index (κ3) is 5.53. The number of hydrogen-bond donors (Lipinski definition) is 1. The average Bonchev–Trinajstić information content (AvgIpc) is 2.29. The van der Waals surface area contributed by atoms with Crippen molar-refractivity contribution in [3.05, 3.63) is 35.4 Å². The first kappa shape index (κ1) is 13.8. The van der Waals surface area contributed by atoms with E-state index < -0.39 is 5.97 Å². The van der Waals surface area contributed by atoms with Gasteiger partial charge in [0.05, 0.1) is 0 Å². The SMILES string of the molecule is CC(C)c1ccc(CCCCCC(=O)O)cc1. The molecule has 0 bridgehead atoms. The second-order valence-electron chi connectivity index (χ2n) is 4.85. The van der Waals surface area contributed by atoms with Gasteiger partial charge in [-0.2, -0.15) is 0 Å². The summed E-state index contributed by atoms with van der Waals surface area (Å²) in [5.41, 5.74) is 2.73. The van der Waals surface area contributed by atoms with Crippen molar-refractivity contribution in [1.82, 2.24) is 0 Å². The van der Waals surface area contributed by atoms with Crippen LogP contribution in [-0.4, -0.2) is 11.1 Å². The number of unbranched alkanes of at least 4 members (excludes halogenated alkanes) is 2. The molecule has 0 aliphatic carbocycles. The fraction of sp³-hybridized carbons (Fsp3) is 0.533. The molecule has 0 unspecified atom stereocenters. The molecule has 17 heavy (non-hydrogen) atoms. The topological polar surface area (TPSA) is 37.3 Å². The minimum Gasteiger partial charge on any atom is -0.481 e. The molecule has 94 valence electrons. The van der Waals surface area contributed by atoms with E-state index in [2.05, 4.69) is 38.1 Å². The minimum absolute atomic E-state index is 0.298. The average molecular weight is 234 g/mol. The molecule has 2 nitrogen and oxygen atoms in total. The highest BCUT2D eigenvalue weighted by Crippen LogP contribution is 2.16. The lowest BCUT2D eigenvalue weighted by atomic mass is 9.99. The van der Waals surface area contributed by atoms with Gasteiger partial charge in [0.15, 0.2) is 0 Å². The molecule has 0 aliphatic rings. The number of carbonyl (C=O) groups is 1. The molecule has 1 aromatic carbocycles. The number of carboxylic acid groups (broad SMARTS) is 1. The number of aryl methyl sites for hydroxylation is 1. The van der Waals surface area contributed by atoms with E-state index >= 15 is 0 Å². The van der Waals surface area contributed by atoms with Gasteiger partial charge in [0.2, 0.25) is 0 Å². The maximum absolute atomic E-state index is 10.3. The molecule has 0 heterocycles. The summed E-state index contributed by atoms with van der Waals surface area (Å²) in [5.74, 6) is -0.106. The molecule has 0 atom stereocenters. The number of rotatable bonds is 7. The van der Waals surface area contributed by atoms with Crippen molar-refractivity contribution in [2.75, 3.05) is 0 Å². The Morgan fingerprint density at radius 3 is 2.29 bits per heavy atom. The molecule has 1 aromatic rings. The maximum atomic E-state index is 10.3. The van der Waals surface area contributed by atoms with Crippen molar-refractivity contribution in [2.24, 2.45) is 0 Å². The highest BCUT2D eigenvalue weighted by molar-refractivity contribution is 5.66. The molecule has 1 N–H and O–H groups in total. The van der Waals surface area contributed by atoms with Crippen molar-refractivity contribution in [2.45, 2.75) is 51.9 Å². The summed E-state index contributed by atoms with van der Waals surface area (Å²) in [6, 6.07) is 8.76. The predicted molar refractivity (Wildman–Crippen MR) is 70.3 cm³/mol. The van der Waals surface area contributed by atoms with Crippen molar-refractivity contribution in [3.63, 3.8) is 0 Å². The van der Waals surface area contributed by atoms with Crippen LogP contribution in [-0.2, 0) is 11.2 Å². The quantitative estimate of drug-likeness (QED) is 0.724. The van der Waals surface area contributed by atoms with Gasteiger partial charge in [-0.05, 0) is 36.3 Å². The third-order valence-electron chi connectivity index (χ3n) is 3.00. The summed E-state index contributed by atoms with van der Waals surface area (Å²) in [6.07, 6.45) is 4.22. The lowest BCUT2D eigenvalue weighted by Gasteiger charge is -2.06. The normalized spacial score (nSPS) is 10.8. The fourth-order valence-corrected chi connectivity index (χ4v) is 1.85. The fourth-order valence-electron chi connectivity index (χ4n) is 1.85. The Labute approximate surface area is 104 Å². The molecular weight excluding hydrogens is 212 g/mol. The summed E-state index contributed by atoms with van der Waals surface area (Å²) in [4.78, 5) is 10.3. The van der Waals surface area contributed by atoms with Gasteiger partial charge in [-0.3, -0.25) is 4.79 Å². The molecule has 0 aliphatic heterocycles. The lowest BCUT2D eigenvalue weighted by Crippen LogP contribution is -1.94. The van der Waals surface area contributed by atoms with Crippen LogP contribution >= 0.6 is 0 Å². The van der Waals surface area contributed by atoms with Gasteiger partial charge < -0.3 is 5.11 Å². The predicted octanol–water partition coefficient (Wildman–Crippen LogP) is 4.00. The Hall–Kier alpha value is -1.31. The first-order valence-electron chi connectivity index (χ1n) is 6.40. The van der Waals surface area contributed by atoms with Gasteiger partial charge in [-0.25, -0.2) is 0 Å². The van der Waals surface area contributed by atoms with Crippen LogP contribution in [0.15, 0.2) is 24.3 Å². The van der Waals surface area contributed by atoms with Crippen molar-refractivity contribution >= 4 is 5.97 Å². The van der Waals surface area contributed by atoms with Crippen LogP contribution in [0.25, 0.3) is 0 Å². The maximum Gasteiger partial charge on any atom is 0.303 e. The van der Waals surface area contributed by atoms with Crippen LogP contribution in [0.5, 0.6) is 0 Å². The lowest BCUT2D eigenvalue weighted by molar-refractivity contribution is -0.137. The van der Waals surface area contributed by atoms with E-state index in [-0.39, 0.29) is 0 Å². The molecule has 2 heteroatoms.